The molecule has 0 spiro atoms. The maximum atomic E-state index is 12.3. The highest BCUT2D eigenvalue weighted by atomic mass is 32.1. The zero-order valence-corrected chi connectivity index (χ0v) is 13.2. The Morgan fingerprint density at radius 3 is 2.95 bits per heavy atom. The Bertz CT molecular complexity index is 573. The third-order valence-electron chi connectivity index (χ3n) is 3.41. The molecule has 3 heterocycles. The van der Waals surface area contributed by atoms with E-state index in [1.165, 1.54) is 11.3 Å². The van der Waals surface area contributed by atoms with Crippen LogP contribution in [0.25, 0.3) is 0 Å². The van der Waals surface area contributed by atoms with Gasteiger partial charge in [-0.2, -0.15) is 0 Å². The predicted molar refractivity (Wildman–Crippen MR) is 82.6 cm³/mol. The molecule has 8 heteroatoms. The lowest BCUT2D eigenvalue weighted by molar-refractivity contribution is -0.124. The summed E-state index contributed by atoms with van der Waals surface area (Å²) < 4.78 is 5.75. The average Bonchev–Trinajstić information content (AvgIpc) is 3.20. The van der Waals surface area contributed by atoms with Crippen molar-refractivity contribution in [3.8, 4) is 0 Å². The van der Waals surface area contributed by atoms with Crippen LogP contribution in [0, 0.1) is 0 Å². The fourth-order valence-electron chi connectivity index (χ4n) is 2.22. The van der Waals surface area contributed by atoms with Gasteiger partial charge in [-0.15, -0.1) is 22.7 Å². The van der Waals surface area contributed by atoms with Crippen molar-refractivity contribution in [1.82, 2.24) is 14.9 Å². The lowest BCUT2D eigenvalue weighted by Gasteiger charge is -2.35. The largest absolute Gasteiger partial charge is 0.368 e. The van der Waals surface area contributed by atoms with E-state index in [2.05, 4.69) is 20.2 Å². The molecule has 2 atom stereocenters. The topological polar surface area (TPSA) is 67.4 Å². The lowest BCUT2D eigenvalue weighted by Crippen LogP contribution is -2.48. The molecule has 0 aliphatic carbocycles. The van der Waals surface area contributed by atoms with E-state index in [1.807, 2.05) is 17.7 Å². The van der Waals surface area contributed by atoms with Crippen molar-refractivity contribution in [2.45, 2.75) is 19.1 Å². The van der Waals surface area contributed by atoms with E-state index >= 15 is 0 Å². The van der Waals surface area contributed by atoms with Crippen LogP contribution >= 0.6 is 22.7 Å². The smallest absolute Gasteiger partial charge is 0.243 e. The van der Waals surface area contributed by atoms with Crippen LogP contribution in [0.4, 0.5) is 5.13 Å². The SMILES string of the molecule is C[C@H](C(=O)Nc1nccs1)N1CCO[C@H](c2nccs2)C1. The maximum absolute atomic E-state index is 12.3. The summed E-state index contributed by atoms with van der Waals surface area (Å²) in [6.07, 6.45) is 3.41. The van der Waals surface area contributed by atoms with Gasteiger partial charge in [0.25, 0.3) is 0 Å². The summed E-state index contributed by atoms with van der Waals surface area (Å²) >= 11 is 3.00. The van der Waals surface area contributed by atoms with Gasteiger partial charge in [0.1, 0.15) is 11.1 Å². The van der Waals surface area contributed by atoms with E-state index in [9.17, 15) is 4.79 Å². The second kappa shape index (κ2) is 6.61. The first kappa shape index (κ1) is 14.6. The Kier molecular flexibility index (Phi) is 4.59. The summed E-state index contributed by atoms with van der Waals surface area (Å²) in [5, 5.41) is 8.22. The number of nitrogens with one attached hydrogen (secondary N) is 1. The summed E-state index contributed by atoms with van der Waals surface area (Å²) in [5.74, 6) is -0.0373. The highest BCUT2D eigenvalue weighted by molar-refractivity contribution is 7.13. The second-order valence-electron chi connectivity index (χ2n) is 4.73. The van der Waals surface area contributed by atoms with Gasteiger partial charge in [-0.05, 0) is 6.92 Å². The van der Waals surface area contributed by atoms with Gasteiger partial charge < -0.3 is 10.1 Å². The van der Waals surface area contributed by atoms with E-state index in [-0.39, 0.29) is 18.1 Å². The summed E-state index contributed by atoms with van der Waals surface area (Å²) in [6.45, 7) is 3.95. The normalized spacial score (nSPS) is 21.1. The molecule has 21 heavy (non-hydrogen) atoms. The number of aromatic nitrogens is 2. The van der Waals surface area contributed by atoms with Crippen molar-refractivity contribution >= 4 is 33.7 Å². The number of anilines is 1. The molecular weight excluding hydrogens is 308 g/mol. The average molecular weight is 324 g/mol. The molecule has 1 saturated heterocycles. The lowest BCUT2D eigenvalue weighted by atomic mass is 10.2. The predicted octanol–water partition coefficient (Wildman–Crippen LogP) is 2.00. The number of hydrogen-bond donors (Lipinski definition) is 1. The van der Waals surface area contributed by atoms with Gasteiger partial charge in [0.05, 0.1) is 12.6 Å². The van der Waals surface area contributed by atoms with Crippen molar-refractivity contribution in [2.24, 2.45) is 0 Å². The van der Waals surface area contributed by atoms with Crippen LogP contribution in [-0.2, 0) is 9.53 Å². The molecule has 1 aliphatic heterocycles. The molecule has 1 amide bonds. The fraction of sp³-hybridized carbons (Fsp3) is 0.462. The summed E-state index contributed by atoms with van der Waals surface area (Å²) in [6, 6.07) is -0.222. The molecule has 1 N–H and O–H groups in total. The van der Waals surface area contributed by atoms with Gasteiger partial charge in [-0.25, -0.2) is 9.97 Å². The van der Waals surface area contributed by atoms with Gasteiger partial charge >= 0.3 is 0 Å². The molecule has 0 aromatic carbocycles. The zero-order valence-electron chi connectivity index (χ0n) is 11.6. The Hall–Kier alpha value is -1.35. The van der Waals surface area contributed by atoms with E-state index < -0.39 is 0 Å². The first-order valence-electron chi connectivity index (χ1n) is 6.69. The molecule has 0 radical (unpaired) electrons. The standard InChI is InChI=1S/C13H16N4O2S2/c1-9(11(18)16-13-15-3-7-21-13)17-4-5-19-10(8-17)12-14-2-6-20-12/h2-3,6-7,9-10H,4-5,8H2,1H3,(H,15,16,18)/t9-,10+/m1/s1. The van der Waals surface area contributed by atoms with Crippen LogP contribution < -0.4 is 5.32 Å². The molecule has 0 unspecified atom stereocenters. The van der Waals surface area contributed by atoms with Crippen LogP contribution in [-0.4, -0.2) is 46.5 Å². The highest BCUT2D eigenvalue weighted by Crippen LogP contribution is 2.25. The molecule has 112 valence electrons. The van der Waals surface area contributed by atoms with E-state index in [0.717, 1.165) is 11.6 Å². The Morgan fingerprint density at radius 1 is 1.43 bits per heavy atom. The van der Waals surface area contributed by atoms with Gasteiger partial charge in [0, 0.05) is 36.2 Å². The molecule has 6 nitrogen and oxygen atoms in total. The van der Waals surface area contributed by atoms with Crippen LogP contribution in [0.1, 0.15) is 18.0 Å². The van der Waals surface area contributed by atoms with Gasteiger partial charge in [0.15, 0.2) is 5.13 Å². The van der Waals surface area contributed by atoms with Crippen molar-refractivity contribution in [1.29, 1.82) is 0 Å². The monoisotopic (exact) mass is 324 g/mol. The quantitative estimate of drug-likeness (QED) is 0.932. The Balaban J connectivity index is 1.61. The number of thiazole rings is 2. The second-order valence-corrected chi connectivity index (χ2v) is 6.55. The number of ether oxygens (including phenoxy) is 1. The van der Waals surface area contributed by atoms with E-state index in [0.29, 0.717) is 18.3 Å². The first-order chi connectivity index (χ1) is 10.2. The summed E-state index contributed by atoms with van der Waals surface area (Å²) in [4.78, 5) is 22.8. The third-order valence-corrected chi connectivity index (χ3v) is 4.97. The minimum absolute atomic E-state index is 0.0373. The number of rotatable bonds is 4. The third kappa shape index (κ3) is 3.46. The number of carbonyl (C=O) groups is 1. The molecule has 3 rings (SSSR count). The number of amides is 1. The number of hydrogen-bond acceptors (Lipinski definition) is 7. The van der Waals surface area contributed by atoms with Crippen LogP contribution in [0.15, 0.2) is 23.2 Å². The molecule has 2 aromatic heterocycles. The number of nitrogens with zero attached hydrogens (tertiary/aromatic N) is 3. The molecule has 2 aromatic rings. The molecule has 1 aliphatic rings. The molecule has 0 saturated carbocycles. The van der Waals surface area contributed by atoms with Gasteiger partial charge in [0.2, 0.25) is 5.91 Å². The van der Waals surface area contributed by atoms with Gasteiger partial charge in [-0.3, -0.25) is 9.69 Å². The Morgan fingerprint density at radius 2 is 2.24 bits per heavy atom. The van der Waals surface area contributed by atoms with Crippen molar-refractivity contribution in [2.75, 3.05) is 25.0 Å². The van der Waals surface area contributed by atoms with Crippen LogP contribution in [0.2, 0.25) is 0 Å². The van der Waals surface area contributed by atoms with E-state index in [4.69, 9.17) is 4.74 Å². The van der Waals surface area contributed by atoms with Crippen LogP contribution in [0.5, 0.6) is 0 Å². The first-order valence-corrected chi connectivity index (χ1v) is 8.45. The minimum Gasteiger partial charge on any atom is -0.368 e. The van der Waals surface area contributed by atoms with Gasteiger partial charge in [-0.1, -0.05) is 0 Å². The van der Waals surface area contributed by atoms with Crippen molar-refractivity contribution < 1.29 is 9.53 Å². The van der Waals surface area contributed by atoms with Crippen molar-refractivity contribution in [3.63, 3.8) is 0 Å². The highest BCUT2D eigenvalue weighted by Gasteiger charge is 2.30. The number of morpholine rings is 1. The summed E-state index contributed by atoms with van der Waals surface area (Å²) in [5.41, 5.74) is 0. The van der Waals surface area contributed by atoms with Crippen molar-refractivity contribution in [3.05, 3.63) is 28.2 Å². The molecule has 1 fully saturated rings. The zero-order chi connectivity index (χ0) is 14.7. The Labute approximate surface area is 130 Å². The number of carbonyl (C=O) groups excluding carboxylic acids is 1. The van der Waals surface area contributed by atoms with E-state index in [1.54, 1.807) is 23.7 Å². The fourth-order valence-corrected chi connectivity index (χ4v) is 3.43. The minimum atomic E-state index is -0.222. The summed E-state index contributed by atoms with van der Waals surface area (Å²) in [7, 11) is 0. The molecular formula is C13H16N4O2S2. The maximum Gasteiger partial charge on any atom is 0.243 e. The molecule has 0 bridgehead atoms. The van der Waals surface area contributed by atoms with Crippen LogP contribution in [0.3, 0.4) is 0 Å².